The van der Waals surface area contributed by atoms with Crippen molar-refractivity contribution in [1.29, 1.82) is 5.26 Å². The fourth-order valence-electron chi connectivity index (χ4n) is 3.56. The molecule has 0 fully saturated rings. The zero-order chi connectivity index (χ0) is 43.4. The minimum Gasteiger partial charge on any atom is -0.512 e. The molecule has 3 N–H and O–H groups in total. The molecule has 0 unspecified atom stereocenters. The summed E-state index contributed by atoms with van der Waals surface area (Å²) in [6.45, 7) is 1.76. The van der Waals surface area contributed by atoms with Crippen LogP contribution in [0.15, 0.2) is 4.99 Å². The largest absolute Gasteiger partial charge is 1.00 e. The molecule has 0 aromatic carbocycles. The normalized spacial score (nSPS) is 11.9. The van der Waals surface area contributed by atoms with Crippen LogP contribution in [0.2, 0.25) is 18.1 Å². The molecular formula is C28H58BF9N4NaO10Si3. The number of nitrogens with zero attached hydrogens (tertiary/aromatic N) is 2. The number of alkyl halides is 9. The van der Waals surface area contributed by atoms with Gasteiger partial charge in [-0.25, -0.2) is 0 Å². The number of carbonyl (C=O) groups is 1. The smallest absolute Gasteiger partial charge is 0.512 e. The number of aliphatic imine (C=N–C) groups is 1. The molecule has 0 aromatic rings. The van der Waals surface area contributed by atoms with E-state index in [0.29, 0.717) is 56.8 Å². The maximum atomic E-state index is 11.8. The van der Waals surface area contributed by atoms with E-state index in [2.05, 4.69) is 16.0 Å². The van der Waals surface area contributed by atoms with Crippen molar-refractivity contribution in [2.24, 2.45) is 10.7 Å². The van der Waals surface area contributed by atoms with Crippen molar-refractivity contribution >= 4 is 47.3 Å². The van der Waals surface area contributed by atoms with E-state index in [1.54, 1.807) is 21.3 Å². The van der Waals surface area contributed by atoms with Crippen molar-refractivity contribution in [2.45, 2.75) is 75.2 Å². The van der Waals surface area contributed by atoms with Gasteiger partial charge in [-0.05, 0) is 44.9 Å². The van der Waals surface area contributed by atoms with Gasteiger partial charge in [0.2, 0.25) is 0 Å². The maximum absolute atomic E-state index is 11.8. The SMILES string of the molecule is CO[Si](CCCC=NCC(F)(F)F)(OC)OC.CO[Si](CCCC=O)(OC)OC.CO[Si](CCCCNCC(F)(F)F)(OC)OC.NCC(F)(F)F.[B].[C-]#N.[Na+]. The molecule has 0 amide bonds. The van der Waals surface area contributed by atoms with Crippen LogP contribution in [0.4, 0.5) is 39.5 Å². The van der Waals surface area contributed by atoms with Crippen LogP contribution in [0.25, 0.3) is 0 Å². The molecule has 0 saturated heterocycles. The van der Waals surface area contributed by atoms with Crippen molar-refractivity contribution in [2.75, 3.05) is 90.2 Å². The predicted octanol–water partition coefficient (Wildman–Crippen LogP) is 2.14. The van der Waals surface area contributed by atoms with E-state index in [1.165, 1.54) is 48.9 Å². The Kier molecular flexibility index (Phi) is 51.6. The second kappa shape index (κ2) is 41.2. The van der Waals surface area contributed by atoms with Gasteiger partial charge in [0.25, 0.3) is 0 Å². The van der Waals surface area contributed by atoms with Crippen LogP contribution in [-0.2, 0) is 44.6 Å². The Balaban J connectivity index is -0.000000117. The molecule has 0 heterocycles. The fourth-order valence-corrected chi connectivity index (χ4v) is 8.86. The van der Waals surface area contributed by atoms with Gasteiger partial charge in [0.1, 0.15) is 12.8 Å². The first-order chi connectivity index (χ1) is 25.1. The molecule has 3 radical (unpaired) electrons. The first kappa shape index (κ1) is 70.1. The van der Waals surface area contributed by atoms with E-state index < -0.39 is 64.6 Å². The topological polar surface area (TPSA) is 174 Å². The molecular weight excluding hydrogens is 841 g/mol. The van der Waals surface area contributed by atoms with E-state index in [4.69, 9.17) is 51.7 Å². The van der Waals surface area contributed by atoms with E-state index in [1.807, 2.05) is 0 Å². The summed E-state index contributed by atoms with van der Waals surface area (Å²) in [6.07, 6.45) is -6.73. The number of aldehydes is 1. The first-order valence-electron chi connectivity index (χ1n) is 15.8. The summed E-state index contributed by atoms with van der Waals surface area (Å²) < 4.78 is 149. The monoisotopic (exact) mass is 899 g/mol. The van der Waals surface area contributed by atoms with Crippen LogP contribution < -0.4 is 40.6 Å². The Morgan fingerprint density at radius 1 is 0.607 bits per heavy atom. The van der Waals surface area contributed by atoms with E-state index >= 15 is 0 Å². The number of unbranched alkanes of at least 4 members (excludes halogenated alkanes) is 3. The van der Waals surface area contributed by atoms with Crippen molar-refractivity contribution in [3.05, 3.63) is 6.57 Å². The third-order valence-corrected chi connectivity index (χ3v) is 15.0. The Hall–Kier alpha value is -0.524. The Morgan fingerprint density at radius 2 is 0.929 bits per heavy atom. The molecule has 0 rings (SSSR count). The Bertz CT molecular complexity index is 892. The molecule has 0 saturated carbocycles. The summed E-state index contributed by atoms with van der Waals surface area (Å²) in [6, 6.07) is 1.84. The zero-order valence-electron chi connectivity index (χ0n) is 33.9. The quantitative estimate of drug-likeness (QED) is 0.0361. The number of nitrogens with one attached hydrogen (secondary N) is 1. The molecule has 14 nitrogen and oxygen atoms in total. The van der Waals surface area contributed by atoms with Gasteiger partial charge in [-0.3, -0.25) is 4.99 Å². The summed E-state index contributed by atoms with van der Waals surface area (Å²) in [5.74, 6) is 0. The molecule has 0 aliphatic rings. The van der Waals surface area contributed by atoms with Gasteiger partial charge >= 0.3 is 74.5 Å². The molecule has 0 aliphatic heterocycles. The zero-order valence-corrected chi connectivity index (χ0v) is 38.9. The third kappa shape index (κ3) is 44.6. The molecule has 329 valence electrons. The Labute approximate surface area is 352 Å². The van der Waals surface area contributed by atoms with Crippen LogP contribution in [-0.4, -0.2) is 156 Å². The number of hydrogen-bond acceptors (Lipinski definition) is 14. The predicted molar refractivity (Wildman–Crippen MR) is 193 cm³/mol. The van der Waals surface area contributed by atoms with Crippen LogP contribution in [0.1, 0.15) is 38.5 Å². The maximum Gasteiger partial charge on any atom is 1.00 e. The van der Waals surface area contributed by atoms with Gasteiger partial charge in [0.15, 0.2) is 0 Å². The Morgan fingerprint density at radius 3 is 1.20 bits per heavy atom. The van der Waals surface area contributed by atoms with Gasteiger partial charge in [-0.15, -0.1) is 0 Å². The number of halogens is 9. The first-order valence-corrected chi connectivity index (χ1v) is 21.6. The van der Waals surface area contributed by atoms with Gasteiger partial charge < -0.3 is 67.5 Å². The van der Waals surface area contributed by atoms with Gasteiger partial charge in [-0.1, -0.05) is 0 Å². The molecule has 0 bridgehead atoms. The van der Waals surface area contributed by atoms with Crippen molar-refractivity contribution < 1.29 is 114 Å². The summed E-state index contributed by atoms with van der Waals surface area (Å²) in [5.41, 5.74) is 4.18. The number of rotatable bonds is 24. The molecule has 28 heteroatoms. The fraction of sp³-hybridized carbons (Fsp3) is 0.893. The second-order valence-electron chi connectivity index (χ2n) is 10.0. The standard InChI is InChI=1S/C9H20F3NO3Si.C9H18F3NO3Si.C7H16O4Si.C2H4F3N.CN.B.Na/c2*1-14-17(15-2,16-3)7-5-4-6-13-8-9(10,11)12;1-9-12(10-2,11-3)7-5-4-6-8;3-2(4,5)1-6;1-2;;/h13H,4-8H2,1-3H3;6H,4-5,7-8H2,1-3H3;6H,4-5,7H2,1-3H3;1,6H2;;;/q;;;;-1;;+1. The molecule has 0 atom stereocenters. The van der Waals surface area contributed by atoms with Crippen LogP contribution in [0.5, 0.6) is 0 Å². The minimum absolute atomic E-state index is 0. The van der Waals surface area contributed by atoms with Crippen molar-refractivity contribution in [3.8, 4) is 0 Å². The average molecular weight is 900 g/mol. The van der Waals surface area contributed by atoms with Crippen LogP contribution in [0.3, 0.4) is 0 Å². The molecule has 0 spiro atoms. The van der Waals surface area contributed by atoms with Crippen molar-refractivity contribution in [1.82, 2.24) is 5.32 Å². The summed E-state index contributed by atoms with van der Waals surface area (Å²) in [5, 5.41) is 8.58. The van der Waals surface area contributed by atoms with E-state index in [-0.39, 0.29) is 38.0 Å². The summed E-state index contributed by atoms with van der Waals surface area (Å²) >= 11 is 0. The molecule has 56 heavy (non-hydrogen) atoms. The van der Waals surface area contributed by atoms with E-state index in [0.717, 1.165) is 12.7 Å². The van der Waals surface area contributed by atoms with Gasteiger partial charge in [-0.2, -0.15) is 39.5 Å². The minimum atomic E-state index is -4.24. The van der Waals surface area contributed by atoms with Crippen molar-refractivity contribution in [3.63, 3.8) is 0 Å². The number of hydrogen-bond donors (Lipinski definition) is 2. The second-order valence-corrected chi connectivity index (χ2v) is 19.3. The third-order valence-electron chi connectivity index (χ3n) is 6.46. The number of carbonyl (C=O) groups excluding carboxylic acids is 1. The number of nitrogens with two attached hydrogens (primary N) is 1. The van der Waals surface area contributed by atoms with Crippen LogP contribution in [0, 0.1) is 11.8 Å². The summed E-state index contributed by atoms with van der Waals surface area (Å²) in [7, 11) is 6.17. The van der Waals surface area contributed by atoms with Gasteiger partial charge in [0.05, 0.1) is 13.1 Å². The molecule has 0 aliphatic carbocycles. The summed E-state index contributed by atoms with van der Waals surface area (Å²) in [4.78, 5) is 13.3. The average Bonchev–Trinajstić information content (AvgIpc) is 3.14. The molecule has 0 aromatic heterocycles. The van der Waals surface area contributed by atoms with Crippen LogP contribution >= 0.6 is 0 Å². The van der Waals surface area contributed by atoms with Gasteiger partial charge in [0, 0.05) is 97.0 Å². The van der Waals surface area contributed by atoms with E-state index in [9.17, 15) is 44.3 Å².